The van der Waals surface area contributed by atoms with Gasteiger partial charge >= 0.3 is 11.9 Å². The van der Waals surface area contributed by atoms with E-state index in [1.54, 1.807) is 6.92 Å². The second-order valence-corrected chi connectivity index (χ2v) is 3.54. The Kier molecular flexibility index (Phi) is 3.93. The lowest BCUT2D eigenvalue weighted by atomic mass is 9.99. The van der Waals surface area contributed by atoms with Gasteiger partial charge in [-0.3, -0.25) is 9.59 Å². The predicted octanol–water partition coefficient (Wildman–Crippen LogP) is 0.784. The molecule has 1 aromatic rings. The molecule has 6 nitrogen and oxygen atoms in total. The number of carbonyl (C=O) groups excluding carboxylic acids is 2. The zero-order chi connectivity index (χ0) is 13.9. The first kappa shape index (κ1) is 13.6. The van der Waals surface area contributed by atoms with E-state index in [9.17, 15) is 19.2 Å². The van der Waals surface area contributed by atoms with Gasteiger partial charge in [0.25, 0.3) is 11.6 Å². The van der Waals surface area contributed by atoms with Crippen molar-refractivity contribution < 1.29 is 29.4 Å². The minimum Gasteiger partial charge on any atom is -0.475 e. The van der Waals surface area contributed by atoms with Crippen molar-refractivity contribution in [3.05, 3.63) is 34.9 Å². The SMILES string of the molecule is CCc1cc(C(=O)C(=O)O)cc(C(=O)C(=O)O)c1. The van der Waals surface area contributed by atoms with E-state index in [2.05, 4.69) is 0 Å². The molecule has 0 heterocycles. The standard InChI is InChI=1S/C12H10O6/c1-2-6-3-7(9(13)11(15)16)5-8(4-6)10(14)12(17)18/h3-5H,2H2,1H3,(H,15,16)(H,17,18). The van der Waals surface area contributed by atoms with Crippen LogP contribution < -0.4 is 0 Å². The van der Waals surface area contributed by atoms with Gasteiger partial charge in [0.15, 0.2) is 0 Å². The minimum absolute atomic E-state index is 0.202. The molecule has 1 rings (SSSR count). The number of hydrogen-bond acceptors (Lipinski definition) is 4. The molecule has 2 N–H and O–H groups in total. The Bertz CT molecular complexity index is 499. The fourth-order valence-electron chi connectivity index (χ4n) is 1.41. The molecule has 0 saturated carbocycles. The molecule has 0 bridgehead atoms. The van der Waals surface area contributed by atoms with Crippen LogP contribution in [0.25, 0.3) is 0 Å². The largest absolute Gasteiger partial charge is 0.475 e. The van der Waals surface area contributed by atoms with E-state index in [-0.39, 0.29) is 11.1 Å². The lowest BCUT2D eigenvalue weighted by molar-refractivity contribution is -0.132. The molecule has 0 aliphatic heterocycles. The molecule has 94 valence electrons. The van der Waals surface area contributed by atoms with Crippen LogP contribution in [0.1, 0.15) is 33.2 Å². The first-order chi connectivity index (χ1) is 8.36. The van der Waals surface area contributed by atoms with Crippen molar-refractivity contribution in [1.82, 2.24) is 0 Å². The summed E-state index contributed by atoms with van der Waals surface area (Å²) in [6, 6.07) is 3.64. The second kappa shape index (κ2) is 5.22. The lowest BCUT2D eigenvalue weighted by Gasteiger charge is -2.04. The zero-order valence-corrected chi connectivity index (χ0v) is 9.47. The second-order valence-electron chi connectivity index (χ2n) is 3.54. The van der Waals surface area contributed by atoms with Crippen LogP contribution in [0, 0.1) is 0 Å². The number of aryl methyl sites for hydroxylation is 1. The van der Waals surface area contributed by atoms with Crippen molar-refractivity contribution in [2.24, 2.45) is 0 Å². The number of rotatable bonds is 5. The number of aliphatic carboxylic acids is 2. The minimum atomic E-state index is -1.66. The third-order valence-corrected chi connectivity index (χ3v) is 2.31. The van der Waals surface area contributed by atoms with E-state index in [0.29, 0.717) is 12.0 Å². The first-order valence-electron chi connectivity index (χ1n) is 5.06. The van der Waals surface area contributed by atoms with Gasteiger partial charge in [-0.15, -0.1) is 0 Å². The van der Waals surface area contributed by atoms with E-state index < -0.39 is 23.5 Å². The highest BCUT2D eigenvalue weighted by Gasteiger charge is 2.20. The average molecular weight is 250 g/mol. The van der Waals surface area contributed by atoms with Crippen LogP contribution >= 0.6 is 0 Å². The zero-order valence-electron chi connectivity index (χ0n) is 9.47. The summed E-state index contributed by atoms with van der Waals surface area (Å²) in [4.78, 5) is 43.7. The lowest BCUT2D eigenvalue weighted by Crippen LogP contribution is -2.17. The highest BCUT2D eigenvalue weighted by molar-refractivity contribution is 6.42. The van der Waals surface area contributed by atoms with Crippen LogP contribution in [-0.2, 0) is 16.0 Å². The van der Waals surface area contributed by atoms with E-state index in [1.807, 2.05) is 0 Å². The fourth-order valence-corrected chi connectivity index (χ4v) is 1.41. The number of carboxylic acid groups (broad SMARTS) is 2. The number of carbonyl (C=O) groups is 4. The molecule has 0 unspecified atom stereocenters. The molecule has 0 amide bonds. The van der Waals surface area contributed by atoms with E-state index >= 15 is 0 Å². The molecule has 0 atom stereocenters. The van der Waals surface area contributed by atoms with Gasteiger partial charge in [0.2, 0.25) is 0 Å². The van der Waals surface area contributed by atoms with Crippen LogP contribution in [0.5, 0.6) is 0 Å². The van der Waals surface area contributed by atoms with Crippen LogP contribution in [-0.4, -0.2) is 33.7 Å². The van der Waals surface area contributed by atoms with Gasteiger partial charge in [0.05, 0.1) is 0 Å². The van der Waals surface area contributed by atoms with Crippen molar-refractivity contribution in [2.45, 2.75) is 13.3 Å². The Balaban J connectivity index is 3.34. The van der Waals surface area contributed by atoms with Crippen LogP contribution in [0.4, 0.5) is 0 Å². The van der Waals surface area contributed by atoms with Crippen molar-refractivity contribution in [3.8, 4) is 0 Å². The molecular weight excluding hydrogens is 240 g/mol. The van der Waals surface area contributed by atoms with Crippen LogP contribution in [0.15, 0.2) is 18.2 Å². The number of carboxylic acids is 2. The van der Waals surface area contributed by atoms with E-state index in [1.165, 1.54) is 12.1 Å². The molecule has 0 spiro atoms. The van der Waals surface area contributed by atoms with E-state index in [4.69, 9.17) is 10.2 Å². The first-order valence-corrected chi connectivity index (χ1v) is 5.06. The summed E-state index contributed by atoms with van der Waals surface area (Å²) in [6.07, 6.45) is 0.445. The Labute approximate surface area is 102 Å². The summed E-state index contributed by atoms with van der Waals surface area (Å²) in [7, 11) is 0. The normalized spacial score (nSPS) is 9.83. The maximum absolute atomic E-state index is 11.3. The molecule has 0 aliphatic carbocycles. The molecule has 0 aromatic heterocycles. The van der Waals surface area contributed by atoms with Gasteiger partial charge in [-0.05, 0) is 30.2 Å². The highest BCUT2D eigenvalue weighted by atomic mass is 16.4. The molecular formula is C12H10O6. The highest BCUT2D eigenvalue weighted by Crippen LogP contribution is 2.13. The summed E-state index contributed by atoms with van der Waals surface area (Å²) in [5, 5.41) is 17.2. The Hall–Kier alpha value is -2.50. The summed E-state index contributed by atoms with van der Waals surface area (Å²) in [5.74, 6) is -5.66. The van der Waals surface area contributed by atoms with Crippen molar-refractivity contribution in [1.29, 1.82) is 0 Å². The summed E-state index contributed by atoms with van der Waals surface area (Å²) in [5.41, 5.74) is 0.115. The van der Waals surface area contributed by atoms with Gasteiger partial charge < -0.3 is 10.2 Å². The summed E-state index contributed by atoms with van der Waals surface area (Å²) >= 11 is 0. The third kappa shape index (κ3) is 2.79. The predicted molar refractivity (Wildman–Crippen MR) is 59.8 cm³/mol. The molecule has 0 fully saturated rings. The molecule has 1 aromatic carbocycles. The van der Waals surface area contributed by atoms with Gasteiger partial charge in [0, 0.05) is 11.1 Å². The van der Waals surface area contributed by atoms with Gasteiger partial charge in [-0.2, -0.15) is 0 Å². The van der Waals surface area contributed by atoms with Gasteiger partial charge in [0.1, 0.15) is 0 Å². The molecule has 6 heteroatoms. The summed E-state index contributed by atoms with van der Waals surface area (Å²) < 4.78 is 0. The summed E-state index contributed by atoms with van der Waals surface area (Å²) in [6.45, 7) is 1.74. The van der Waals surface area contributed by atoms with Crippen molar-refractivity contribution in [2.75, 3.05) is 0 Å². The Morgan fingerprint density at radius 2 is 1.28 bits per heavy atom. The number of ketones is 2. The maximum atomic E-state index is 11.3. The van der Waals surface area contributed by atoms with E-state index in [0.717, 1.165) is 6.07 Å². The maximum Gasteiger partial charge on any atom is 0.377 e. The number of hydrogen-bond donors (Lipinski definition) is 2. The third-order valence-electron chi connectivity index (χ3n) is 2.31. The van der Waals surface area contributed by atoms with Crippen molar-refractivity contribution >= 4 is 23.5 Å². The molecule has 0 aliphatic rings. The van der Waals surface area contributed by atoms with Crippen LogP contribution in [0.2, 0.25) is 0 Å². The van der Waals surface area contributed by atoms with Gasteiger partial charge in [-0.25, -0.2) is 9.59 Å². The molecule has 18 heavy (non-hydrogen) atoms. The molecule has 0 radical (unpaired) electrons. The topological polar surface area (TPSA) is 109 Å². The Morgan fingerprint density at radius 1 is 0.889 bits per heavy atom. The average Bonchev–Trinajstić information content (AvgIpc) is 2.35. The number of Topliss-reactive ketones (excluding diaryl/α,β-unsaturated/α-hetero) is 2. The van der Waals surface area contributed by atoms with Crippen molar-refractivity contribution in [3.63, 3.8) is 0 Å². The fraction of sp³-hybridized carbons (Fsp3) is 0.167. The monoisotopic (exact) mass is 250 g/mol. The quantitative estimate of drug-likeness (QED) is 0.590. The smallest absolute Gasteiger partial charge is 0.377 e. The molecule has 0 saturated heterocycles. The van der Waals surface area contributed by atoms with Gasteiger partial charge in [-0.1, -0.05) is 6.92 Å². The Morgan fingerprint density at radius 3 is 1.56 bits per heavy atom. The number of benzene rings is 1. The van der Waals surface area contributed by atoms with Crippen LogP contribution in [0.3, 0.4) is 0 Å².